The van der Waals surface area contributed by atoms with Crippen molar-refractivity contribution in [2.45, 2.75) is 12.6 Å². The Balaban J connectivity index is 2.34. The second-order valence-electron chi connectivity index (χ2n) is 6.94. The summed E-state index contributed by atoms with van der Waals surface area (Å²) in [5, 5.41) is 21.5. The molecule has 1 aromatic heterocycles. The SMILES string of the molecule is COc1ccc2c(=O)n(CC(O)CN(C)C)c(C#N)c(-c3ccccc3)c2c1. The largest absolute Gasteiger partial charge is 0.497 e. The summed E-state index contributed by atoms with van der Waals surface area (Å²) < 4.78 is 6.71. The van der Waals surface area contributed by atoms with Crippen LogP contribution in [0.2, 0.25) is 0 Å². The first-order valence-electron chi connectivity index (χ1n) is 8.99. The standard InChI is InChI=1S/C22H23N3O3/c1-24(2)13-16(26)14-25-20(12-23)21(15-7-5-4-6-8-15)19-11-17(28-3)9-10-18(19)22(25)27/h4-11,16,26H,13-14H2,1-3H3. The van der Waals surface area contributed by atoms with Crippen LogP contribution in [0.15, 0.2) is 53.3 Å². The number of aliphatic hydroxyl groups is 1. The van der Waals surface area contributed by atoms with E-state index in [1.165, 1.54) is 4.57 Å². The molecule has 0 radical (unpaired) electrons. The lowest BCUT2D eigenvalue weighted by Crippen LogP contribution is -2.34. The molecular formula is C22H23N3O3. The molecule has 3 rings (SSSR count). The molecule has 0 saturated carbocycles. The molecule has 0 aliphatic carbocycles. The van der Waals surface area contributed by atoms with Crippen molar-refractivity contribution >= 4 is 10.8 Å². The van der Waals surface area contributed by atoms with Crippen molar-refractivity contribution in [3.63, 3.8) is 0 Å². The van der Waals surface area contributed by atoms with Gasteiger partial charge in [-0.25, -0.2) is 0 Å². The van der Waals surface area contributed by atoms with Crippen molar-refractivity contribution in [2.75, 3.05) is 27.7 Å². The predicted octanol–water partition coefficient (Wildman–Crippen LogP) is 2.47. The molecule has 1 unspecified atom stereocenters. The van der Waals surface area contributed by atoms with Gasteiger partial charge in [-0.3, -0.25) is 9.36 Å². The summed E-state index contributed by atoms with van der Waals surface area (Å²) in [7, 11) is 5.26. The van der Waals surface area contributed by atoms with Gasteiger partial charge in [-0.1, -0.05) is 30.3 Å². The molecule has 28 heavy (non-hydrogen) atoms. The Labute approximate surface area is 163 Å². The van der Waals surface area contributed by atoms with Crippen LogP contribution in [-0.4, -0.2) is 48.4 Å². The fourth-order valence-electron chi connectivity index (χ4n) is 3.43. The summed E-state index contributed by atoms with van der Waals surface area (Å²) in [6.45, 7) is 0.431. The Morgan fingerprint density at radius 1 is 1.18 bits per heavy atom. The first kappa shape index (κ1) is 19.6. The monoisotopic (exact) mass is 377 g/mol. The van der Waals surface area contributed by atoms with Crippen molar-refractivity contribution in [3.8, 4) is 22.9 Å². The van der Waals surface area contributed by atoms with Gasteiger partial charge in [0, 0.05) is 22.9 Å². The lowest BCUT2D eigenvalue weighted by molar-refractivity contribution is 0.118. The number of ether oxygens (including phenoxy) is 1. The number of methoxy groups -OCH3 is 1. The normalized spacial score (nSPS) is 12.1. The highest BCUT2D eigenvalue weighted by Gasteiger charge is 2.20. The zero-order valence-electron chi connectivity index (χ0n) is 16.2. The lowest BCUT2D eigenvalue weighted by atomic mass is 9.96. The van der Waals surface area contributed by atoms with Gasteiger partial charge in [0.2, 0.25) is 0 Å². The predicted molar refractivity (Wildman–Crippen MR) is 109 cm³/mol. The van der Waals surface area contributed by atoms with E-state index in [1.54, 1.807) is 25.3 Å². The maximum atomic E-state index is 13.2. The molecule has 0 aliphatic heterocycles. The average Bonchev–Trinajstić information content (AvgIpc) is 2.69. The van der Waals surface area contributed by atoms with Crippen LogP contribution in [0.4, 0.5) is 0 Å². The van der Waals surface area contributed by atoms with E-state index in [-0.39, 0.29) is 17.8 Å². The van der Waals surface area contributed by atoms with E-state index in [1.807, 2.05) is 49.3 Å². The molecule has 2 aromatic carbocycles. The molecule has 0 saturated heterocycles. The summed E-state index contributed by atoms with van der Waals surface area (Å²) in [5.74, 6) is 0.610. The molecule has 0 amide bonds. The molecule has 1 heterocycles. The number of pyridine rings is 1. The summed E-state index contributed by atoms with van der Waals surface area (Å²) in [6.07, 6.45) is -0.779. The minimum atomic E-state index is -0.779. The van der Waals surface area contributed by atoms with E-state index in [0.717, 1.165) is 5.56 Å². The van der Waals surface area contributed by atoms with Gasteiger partial charge in [-0.05, 0) is 37.9 Å². The van der Waals surface area contributed by atoms with Crippen molar-refractivity contribution in [2.24, 2.45) is 0 Å². The molecule has 3 aromatic rings. The van der Waals surface area contributed by atoms with Crippen molar-refractivity contribution in [3.05, 3.63) is 64.6 Å². The molecular weight excluding hydrogens is 354 g/mol. The maximum absolute atomic E-state index is 13.2. The van der Waals surface area contributed by atoms with E-state index in [2.05, 4.69) is 6.07 Å². The third kappa shape index (κ3) is 3.77. The minimum Gasteiger partial charge on any atom is -0.497 e. The first-order chi connectivity index (χ1) is 13.5. The Morgan fingerprint density at radius 2 is 1.89 bits per heavy atom. The van der Waals surface area contributed by atoms with Crippen molar-refractivity contribution in [1.29, 1.82) is 5.26 Å². The number of hydrogen-bond donors (Lipinski definition) is 1. The molecule has 6 heteroatoms. The molecule has 0 bridgehead atoms. The number of benzene rings is 2. The molecule has 0 fully saturated rings. The van der Waals surface area contributed by atoms with Crippen molar-refractivity contribution in [1.82, 2.24) is 9.47 Å². The van der Waals surface area contributed by atoms with E-state index in [9.17, 15) is 15.2 Å². The number of nitriles is 1. The number of likely N-dealkylation sites (N-methyl/N-ethyl adjacent to an activating group) is 1. The van der Waals surface area contributed by atoms with Crippen LogP contribution in [0.3, 0.4) is 0 Å². The highest BCUT2D eigenvalue weighted by atomic mass is 16.5. The van der Waals surface area contributed by atoms with E-state index in [4.69, 9.17) is 4.74 Å². The molecule has 6 nitrogen and oxygen atoms in total. The third-order valence-electron chi connectivity index (χ3n) is 4.62. The summed E-state index contributed by atoms with van der Waals surface area (Å²) >= 11 is 0. The first-order valence-corrected chi connectivity index (χ1v) is 8.99. The van der Waals surface area contributed by atoms with Crippen LogP contribution in [-0.2, 0) is 6.54 Å². The molecule has 144 valence electrons. The van der Waals surface area contributed by atoms with Crippen LogP contribution in [0, 0.1) is 11.3 Å². The van der Waals surface area contributed by atoms with Gasteiger partial charge in [0.25, 0.3) is 5.56 Å². The van der Waals surface area contributed by atoms with Crippen LogP contribution in [0.5, 0.6) is 5.75 Å². The smallest absolute Gasteiger partial charge is 0.259 e. The van der Waals surface area contributed by atoms with Gasteiger partial charge in [-0.15, -0.1) is 0 Å². The highest BCUT2D eigenvalue weighted by Crippen LogP contribution is 2.32. The molecule has 0 spiro atoms. The number of rotatable bonds is 6. The fraction of sp³-hybridized carbons (Fsp3) is 0.273. The zero-order chi connectivity index (χ0) is 20.3. The summed E-state index contributed by atoms with van der Waals surface area (Å²) in [5.41, 5.74) is 1.42. The molecule has 0 aliphatic rings. The topological polar surface area (TPSA) is 78.5 Å². The second-order valence-corrected chi connectivity index (χ2v) is 6.94. The number of fused-ring (bicyclic) bond motifs is 1. The van der Waals surface area contributed by atoms with Gasteiger partial charge < -0.3 is 14.7 Å². The van der Waals surface area contributed by atoms with E-state index < -0.39 is 6.10 Å². The Kier molecular flexibility index (Phi) is 5.78. The quantitative estimate of drug-likeness (QED) is 0.714. The van der Waals surface area contributed by atoms with E-state index in [0.29, 0.717) is 28.6 Å². The second kappa shape index (κ2) is 8.26. The molecule has 1 atom stereocenters. The Hall–Kier alpha value is -3.14. The minimum absolute atomic E-state index is 0.0434. The molecule has 1 N–H and O–H groups in total. The summed E-state index contributed by atoms with van der Waals surface area (Å²) in [6, 6.07) is 16.9. The highest BCUT2D eigenvalue weighted by molar-refractivity contribution is 5.99. The number of aliphatic hydroxyl groups excluding tert-OH is 1. The Morgan fingerprint density at radius 3 is 2.50 bits per heavy atom. The van der Waals surface area contributed by atoms with Crippen LogP contribution in [0.25, 0.3) is 21.9 Å². The van der Waals surface area contributed by atoms with Gasteiger partial charge in [0.05, 0.1) is 19.8 Å². The number of aromatic nitrogens is 1. The van der Waals surface area contributed by atoms with Gasteiger partial charge in [0.15, 0.2) is 0 Å². The maximum Gasteiger partial charge on any atom is 0.259 e. The van der Waals surface area contributed by atoms with E-state index >= 15 is 0 Å². The number of nitrogens with zero attached hydrogens (tertiary/aromatic N) is 3. The van der Waals surface area contributed by atoms with Gasteiger partial charge in [0.1, 0.15) is 17.5 Å². The lowest BCUT2D eigenvalue weighted by Gasteiger charge is -2.20. The average molecular weight is 377 g/mol. The fourth-order valence-corrected chi connectivity index (χ4v) is 3.43. The van der Waals surface area contributed by atoms with Crippen LogP contribution >= 0.6 is 0 Å². The third-order valence-corrected chi connectivity index (χ3v) is 4.62. The zero-order valence-corrected chi connectivity index (χ0v) is 16.2. The van der Waals surface area contributed by atoms with Crippen LogP contribution < -0.4 is 10.3 Å². The number of hydrogen-bond acceptors (Lipinski definition) is 5. The summed E-state index contributed by atoms with van der Waals surface area (Å²) in [4.78, 5) is 15.0. The van der Waals surface area contributed by atoms with Gasteiger partial charge in [-0.2, -0.15) is 5.26 Å². The Bertz CT molecular complexity index is 1080. The van der Waals surface area contributed by atoms with Crippen molar-refractivity contribution < 1.29 is 9.84 Å². The van der Waals surface area contributed by atoms with Gasteiger partial charge >= 0.3 is 0 Å². The van der Waals surface area contributed by atoms with Crippen LogP contribution in [0.1, 0.15) is 5.69 Å².